The molecule has 1 aromatic carbocycles. The molecule has 4 rings (SSSR count). The maximum atomic E-state index is 13.7. The van der Waals surface area contributed by atoms with E-state index in [9.17, 15) is 39.9 Å². The minimum absolute atomic E-state index is 0.00834. The average Bonchev–Trinajstić information content (AvgIpc) is 2.72. The largest absolute Gasteiger partial charge is 0.508 e. The maximum absolute atomic E-state index is 13.7. The fourth-order valence-corrected chi connectivity index (χ4v) is 5.92. The Morgan fingerprint density at radius 2 is 1.76 bits per heavy atom. The number of phenolic OH excluding ortho intramolecular Hbond substituents is 1. The number of nitrogens with zero attached hydrogens (tertiary/aromatic N) is 1. The van der Waals surface area contributed by atoms with Crippen molar-refractivity contribution in [1.29, 1.82) is 0 Å². The quantitative estimate of drug-likeness (QED) is 0.327. The van der Waals surface area contributed by atoms with Crippen LogP contribution in [0.2, 0.25) is 0 Å². The van der Waals surface area contributed by atoms with Crippen molar-refractivity contribution in [3.8, 4) is 5.75 Å². The summed E-state index contributed by atoms with van der Waals surface area (Å²) in [6, 6.07) is 1.62. The highest BCUT2D eigenvalue weighted by Crippen LogP contribution is 2.56. The van der Waals surface area contributed by atoms with Gasteiger partial charge in [0.1, 0.15) is 22.8 Å². The summed E-state index contributed by atoms with van der Waals surface area (Å²) < 4.78 is 0. The molecule has 0 heterocycles. The molecule has 0 aromatic heterocycles. The summed E-state index contributed by atoms with van der Waals surface area (Å²) in [6.45, 7) is 3.45. The third-order valence-corrected chi connectivity index (χ3v) is 7.33. The molecule has 176 valence electrons. The van der Waals surface area contributed by atoms with Crippen LogP contribution in [0.25, 0.3) is 5.76 Å². The van der Waals surface area contributed by atoms with Gasteiger partial charge in [-0.3, -0.25) is 19.3 Å². The van der Waals surface area contributed by atoms with Crippen LogP contribution in [0.4, 0.5) is 0 Å². The number of benzene rings is 1. The first-order chi connectivity index (χ1) is 15.3. The number of rotatable bonds is 2. The minimum atomic E-state index is -2.90. The molecule has 3 aliphatic rings. The molecule has 7 N–H and O–H groups in total. The Morgan fingerprint density at radius 1 is 1.15 bits per heavy atom. The third kappa shape index (κ3) is 2.68. The van der Waals surface area contributed by atoms with Crippen molar-refractivity contribution in [3.63, 3.8) is 0 Å². The van der Waals surface area contributed by atoms with E-state index in [-0.39, 0.29) is 11.3 Å². The molecular formula is C23H26N2O8. The highest BCUT2D eigenvalue weighted by atomic mass is 16.4. The number of carbonyl (C=O) groups excluding carboxylic acids is 3. The Morgan fingerprint density at radius 3 is 2.30 bits per heavy atom. The van der Waals surface area contributed by atoms with Gasteiger partial charge >= 0.3 is 0 Å². The van der Waals surface area contributed by atoms with E-state index in [1.165, 1.54) is 25.1 Å². The van der Waals surface area contributed by atoms with Gasteiger partial charge in [-0.15, -0.1) is 0 Å². The van der Waals surface area contributed by atoms with Gasteiger partial charge in [-0.1, -0.05) is 13.0 Å². The number of aliphatic hydroxyl groups excluding tert-OH is 3. The van der Waals surface area contributed by atoms with E-state index >= 15 is 0 Å². The summed E-state index contributed by atoms with van der Waals surface area (Å²) in [7, 11) is 2.93. The summed E-state index contributed by atoms with van der Waals surface area (Å²) in [5.41, 5.74) is 2.25. The smallest absolute Gasteiger partial charge is 0.255 e. The summed E-state index contributed by atoms with van der Waals surface area (Å²) in [6.07, 6.45) is -1.59. The zero-order chi connectivity index (χ0) is 24.7. The van der Waals surface area contributed by atoms with Crippen LogP contribution in [-0.2, 0) is 14.4 Å². The number of ketones is 2. The molecule has 3 aliphatic carbocycles. The van der Waals surface area contributed by atoms with E-state index in [1.807, 2.05) is 0 Å². The lowest BCUT2D eigenvalue weighted by Gasteiger charge is -2.53. The van der Waals surface area contributed by atoms with E-state index in [0.717, 1.165) is 0 Å². The van der Waals surface area contributed by atoms with Gasteiger partial charge < -0.3 is 31.3 Å². The molecule has 0 spiro atoms. The standard InChI is InChI=1S/C23H26N2O8/c1-7-5-6-9(26)12-10(7)8(2)11-13(17(12)27)20(30)23(33)15(18(11)28)16(25(3)4)19(29)14(21(23)31)22(24)32/h5-6,8,11,15-16,18,26-28,31,33H,1-4H3,(H2,24,32). The molecule has 1 saturated carbocycles. The van der Waals surface area contributed by atoms with Crippen LogP contribution >= 0.6 is 0 Å². The van der Waals surface area contributed by atoms with Crippen LogP contribution in [0.1, 0.15) is 29.5 Å². The van der Waals surface area contributed by atoms with Crippen LogP contribution < -0.4 is 5.73 Å². The summed E-state index contributed by atoms with van der Waals surface area (Å²) in [5.74, 6) is -8.86. The second-order valence-corrected chi connectivity index (χ2v) is 9.24. The summed E-state index contributed by atoms with van der Waals surface area (Å²) in [4.78, 5) is 40.1. The Balaban J connectivity index is 2.08. The first-order valence-corrected chi connectivity index (χ1v) is 10.4. The Kier molecular flexibility index (Phi) is 4.97. The normalized spacial score (nSPS) is 33.7. The number of nitrogens with two attached hydrogens (primary N) is 1. The number of hydrogen-bond donors (Lipinski definition) is 6. The van der Waals surface area contributed by atoms with Gasteiger partial charge in [-0.2, -0.15) is 0 Å². The lowest BCUT2D eigenvalue weighted by molar-refractivity contribution is -0.169. The van der Waals surface area contributed by atoms with Gasteiger partial charge in [0.05, 0.1) is 23.6 Å². The number of primary amides is 1. The number of carbonyl (C=O) groups is 3. The van der Waals surface area contributed by atoms with Crippen LogP contribution in [0.3, 0.4) is 0 Å². The number of aromatic hydroxyl groups is 1. The summed E-state index contributed by atoms with van der Waals surface area (Å²) in [5, 5.41) is 55.3. The number of amides is 1. The highest BCUT2D eigenvalue weighted by Gasteiger charge is 2.68. The van der Waals surface area contributed by atoms with E-state index < -0.39 is 75.6 Å². The van der Waals surface area contributed by atoms with Crippen LogP contribution in [0.5, 0.6) is 5.75 Å². The van der Waals surface area contributed by atoms with Crippen molar-refractivity contribution in [3.05, 3.63) is 45.7 Å². The molecule has 10 heteroatoms. The third-order valence-electron chi connectivity index (χ3n) is 7.33. The van der Waals surface area contributed by atoms with Crippen molar-refractivity contribution in [2.45, 2.75) is 37.5 Å². The second kappa shape index (κ2) is 7.14. The van der Waals surface area contributed by atoms with Crippen molar-refractivity contribution in [2.24, 2.45) is 17.6 Å². The number of Topliss-reactive ketones (excluding diaryl/α,β-unsaturated/α-hetero) is 2. The van der Waals surface area contributed by atoms with E-state index in [0.29, 0.717) is 11.1 Å². The number of aryl methyl sites for hydroxylation is 1. The van der Waals surface area contributed by atoms with E-state index in [1.54, 1.807) is 19.9 Å². The lowest BCUT2D eigenvalue weighted by Crippen LogP contribution is -2.70. The number of likely N-dealkylation sites (N-methyl/N-ethyl adjacent to an activating group) is 1. The topological polar surface area (TPSA) is 182 Å². The summed E-state index contributed by atoms with van der Waals surface area (Å²) >= 11 is 0. The molecule has 6 unspecified atom stereocenters. The molecule has 1 amide bonds. The van der Waals surface area contributed by atoms with E-state index in [2.05, 4.69) is 0 Å². The monoisotopic (exact) mass is 458 g/mol. The lowest BCUT2D eigenvalue weighted by atomic mass is 9.54. The van der Waals surface area contributed by atoms with Crippen molar-refractivity contribution < 1.29 is 39.9 Å². The van der Waals surface area contributed by atoms with Gasteiger partial charge in [-0.05, 0) is 44.1 Å². The molecular weight excluding hydrogens is 432 g/mol. The molecule has 0 bridgehead atoms. The fourth-order valence-electron chi connectivity index (χ4n) is 5.92. The predicted octanol–water partition coefficient (Wildman–Crippen LogP) is -0.196. The van der Waals surface area contributed by atoms with Crippen LogP contribution in [0.15, 0.2) is 29.0 Å². The number of hydrogen-bond acceptors (Lipinski definition) is 9. The second-order valence-electron chi connectivity index (χ2n) is 9.24. The van der Waals surface area contributed by atoms with Gasteiger partial charge in [-0.25, -0.2) is 0 Å². The molecule has 0 saturated heterocycles. The molecule has 1 fully saturated rings. The average molecular weight is 458 g/mol. The fraction of sp³-hybridized carbons (Fsp3) is 0.435. The zero-order valence-corrected chi connectivity index (χ0v) is 18.5. The molecule has 10 nitrogen and oxygen atoms in total. The zero-order valence-electron chi connectivity index (χ0n) is 18.5. The SMILES string of the molecule is Cc1ccc(O)c2c1C(C)C1C(=C2O)C(=O)C2(O)C(O)=C(C(N)=O)C(=O)C(N(C)C)C2C1O. The van der Waals surface area contributed by atoms with Gasteiger partial charge in [0.15, 0.2) is 11.4 Å². The van der Waals surface area contributed by atoms with Gasteiger partial charge in [0.2, 0.25) is 5.78 Å². The molecule has 1 aromatic rings. The number of phenols is 1. The van der Waals surface area contributed by atoms with Crippen molar-refractivity contribution in [2.75, 3.05) is 14.1 Å². The maximum Gasteiger partial charge on any atom is 0.255 e. The Labute approximate surface area is 189 Å². The number of aliphatic hydroxyl groups is 4. The van der Waals surface area contributed by atoms with E-state index in [4.69, 9.17) is 5.73 Å². The van der Waals surface area contributed by atoms with Crippen molar-refractivity contribution in [1.82, 2.24) is 4.90 Å². The highest BCUT2D eigenvalue weighted by molar-refractivity contribution is 6.24. The van der Waals surface area contributed by atoms with Crippen LogP contribution in [0, 0.1) is 18.8 Å². The predicted molar refractivity (Wildman–Crippen MR) is 115 cm³/mol. The molecule has 0 aliphatic heterocycles. The number of fused-ring (bicyclic) bond motifs is 3. The van der Waals surface area contributed by atoms with Gasteiger partial charge in [0.25, 0.3) is 5.91 Å². The molecule has 0 radical (unpaired) electrons. The Bertz CT molecular complexity index is 1180. The first-order valence-electron chi connectivity index (χ1n) is 10.4. The van der Waals surface area contributed by atoms with Crippen molar-refractivity contribution >= 4 is 23.2 Å². The molecule has 6 atom stereocenters. The first kappa shape index (κ1) is 23.0. The minimum Gasteiger partial charge on any atom is -0.508 e. The van der Waals surface area contributed by atoms with Gasteiger partial charge in [0, 0.05) is 11.5 Å². The Hall–Kier alpha value is -3.21. The van der Waals surface area contributed by atoms with Crippen LogP contribution in [-0.4, -0.2) is 79.7 Å². The molecule has 33 heavy (non-hydrogen) atoms.